The maximum atomic E-state index is 14.6. The first kappa shape index (κ1) is 32.1. The molecule has 8 heteroatoms. The molecule has 252 valence electrons. The number of carbonyl (C=O) groups is 2. The van der Waals surface area contributed by atoms with Crippen molar-refractivity contribution >= 4 is 57.2 Å². The van der Waals surface area contributed by atoms with Gasteiger partial charge in [-0.25, -0.2) is 9.18 Å². The lowest BCUT2D eigenvalue weighted by molar-refractivity contribution is 0.104. The van der Waals surface area contributed by atoms with Crippen LogP contribution in [-0.4, -0.2) is 46.2 Å². The van der Waals surface area contributed by atoms with E-state index in [2.05, 4.69) is 10.1 Å². The highest BCUT2D eigenvalue weighted by molar-refractivity contribution is 7.68. The van der Waals surface area contributed by atoms with Crippen LogP contribution in [0.3, 0.4) is 0 Å². The summed E-state index contributed by atoms with van der Waals surface area (Å²) in [5, 5.41) is 7.73. The molecule has 3 aliphatic rings. The van der Waals surface area contributed by atoms with Crippen molar-refractivity contribution in [2.45, 2.75) is 94.0 Å². The van der Waals surface area contributed by atoms with Gasteiger partial charge < -0.3 is 4.98 Å². The van der Waals surface area contributed by atoms with Crippen molar-refractivity contribution in [1.82, 2.24) is 4.98 Å². The molecule has 4 aromatic carbocycles. The molecule has 0 aliphatic heterocycles. The molecule has 3 fully saturated rings. The second kappa shape index (κ2) is 13.7. The Morgan fingerprint density at radius 2 is 1.24 bits per heavy atom. The van der Waals surface area contributed by atoms with Crippen molar-refractivity contribution in [2.24, 2.45) is 9.90 Å². The quantitative estimate of drug-likeness (QED) is 0.0584. The van der Waals surface area contributed by atoms with Crippen LogP contribution in [0.1, 0.15) is 98.5 Å². The SMILES string of the molecule is O=C(N=P(C1CCCC1)(C1CCCC1)C1CCCC1)O/N=C(\CF)c1ccc2[nH]c3ccc(C(=O)c4cccc5ccccc45)cc3c2c1. The highest BCUT2D eigenvalue weighted by Gasteiger charge is 2.47. The number of halogens is 1. The molecule has 0 atom stereocenters. The lowest BCUT2D eigenvalue weighted by Gasteiger charge is -2.40. The van der Waals surface area contributed by atoms with E-state index in [0.29, 0.717) is 33.7 Å². The predicted molar refractivity (Wildman–Crippen MR) is 198 cm³/mol. The van der Waals surface area contributed by atoms with Crippen molar-refractivity contribution in [1.29, 1.82) is 0 Å². The third-order valence-corrected chi connectivity index (χ3v) is 17.1. The fourth-order valence-electron chi connectivity index (χ4n) is 9.30. The summed E-state index contributed by atoms with van der Waals surface area (Å²) in [6.45, 7) is -0.889. The molecule has 1 aromatic heterocycles. The van der Waals surface area contributed by atoms with E-state index in [1.165, 1.54) is 38.5 Å². The van der Waals surface area contributed by atoms with Crippen LogP contribution < -0.4 is 0 Å². The number of benzene rings is 4. The second-order valence-electron chi connectivity index (χ2n) is 14.2. The fourth-order valence-corrected chi connectivity index (χ4v) is 15.5. The van der Waals surface area contributed by atoms with Crippen LogP contribution in [-0.2, 0) is 4.84 Å². The summed E-state index contributed by atoms with van der Waals surface area (Å²) >= 11 is 0. The Morgan fingerprint density at radius 3 is 1.86 bits per heavy atom. The number of nitrogens with one attached hydrogen (secondary N) is 1. The molecule has 8 rings (SSSR count). The number of alkyl halides is 1. The van der Waals surface area contributed by atoms with E-state index >= 15 is 0 Å². The number of hydrogen-bond acceptors (Lipinski definition) is 4. The fraction of sp³-hybridized carbons (Fsp3) is 0.390. The summed E-state index contributed by atoms with van der Waals surface area (Å²) in [4.78, 5) is 36.3. The molecule has 0 spiro atoms. The van der Waals surface area contributed by atoms with E-state index in [-0.39, 0.29) is 11.5 Å². The average Bonchev–Trinajstić information content (AvgIpc) is 3.98. The standard InChI is InChI=1S/C41H43FN3O3P/c42-26-39(44-48-41(47)45-49(30-12-2-3-13-30,31-14-4-5-15-31)32-16-6-7-17-32)28-20-22-37-35(24-28)36-25-29(21-23-38(36)43-37)40(46)34-19-9-11-27-10-1-8-18-33(27)34/h1,8-11,18-25,30-32,43H,2-7,12-17,26H2/b44-39+. The first-order valence-corrected chi connectivity index (χ1v) is 20.0. The molecule has 0 bridgehead atoms. The van der Waals surface area contributed by atoms with Gasteiger partial charge in [0.25, 0.3) is 0 Å². The summed E-state index contributed by atoms with van der Waals surface area (Å²) in [6, 6.07) is 24.8. The largest absolute Gasteiger partial charge is 0.458 e. The van der Waals surface area contributed by atoms with Crippen LogP contribution in [0.4, 0.5) is 9.18 Å². The zero-order valence-electron chi connectivity index (χ0n) is 27.9. The number of ketones is 1. The van der Waals surface area contributed by atoms with Crippen LogP contribution in [0.25, 0.3) is 32.6 Å². The molecule has 0 radical (unpaired) electrons. The van der Waals surface area contributed by atoms with E-state index < -0.39 is 19.8 Å². The van der Waals surface area contributed by atoms with Crippen molar-refractivity contribution in [3.63, 3.8) is 0 Å². The normalized spacial score (nSPS) is 18.3. The second-order valence-corrected chi connectivity index (χ2v) is 18.2. The van der Waals surface area contributed by atoms with E-state index in [1.807, 2.05) is 72.8 Å². The maximum Gasteiger partial charge on any atom is 0.458 e. The molecule has 3 aliphatic carbocycles. The molecule has 6 nitrogen and oxygen atoms in total. The lowest BCUT2D eigenvalue weighted by atomic mass is 9.96. The van der Waals surface area contributed by atoms with Gasteiger partial charge in [0.05, 0.1) is 0 Å². The number of aromatic nitrogens is 1. The Morgan fingerprint density at radius 1 is 0.694 bits per heavy atom. The van der Waals surface area contributed by atoms with Gasteiger partial charge in [0.1, 0.15) is 12.4 Å². The van der Waals surface area contributed by atoms with Crippen molar-refractivity contribution < 1.29 is 18.8 Å². The number of nitrogens with zero attached hydrogens (tertiary/aromatic N) is 2. The molecule has 3 saturated carbocycles. The van der Waals surface area contributed by atoms with Gasteiger partial charge in [-0.1, -0.05) is 92.2 Å². The van der Waals surface area contributed by atoms with Gasteiger partial charge in [0.2, 0.25) is 0 Å². The number of fused-ring (bicyclic) bond motifs is 4. The monoisotopic (exact) mass is 675 g/mol. The summed E-state index contributed by atoms with van der Waals surface area (Å²) in [5.41, 5.74) is 5.07. The number of amides is 1. The van der Waals surface area contributed by atoms with Gasteiger partial charge in [0, 0.05) is 38.5 Å². The molecule has 1 heterocycles. The Labute approximate surface area is 286 Å². The van der Waals surface area contributed by atoms with Gasteiger partial charge >= 0.3 is 6.09 Å². The Bertz CT molecular complexity index is 2080. The average molecular weight is 676 g/mol. The van der Waals surface area contributed by atoms with Gasteiger partial charge in [-0.3, -0.25) is 9.63 Å². The Hall–Kier alpha value is -4.09. The first-order valence-electron chi connectivity index (χ1n) is 18.1. The number of carbonyl (C=O) groups excluding carboxylic acids is 2. The summed E-state index contributed by atoms with van der Waals surface area (Å²) < 4.78 is 19.7. The smallest absolute Gasteiger partial charge is 0.355 e. The zero-order valence-corrected chi connectivity index (χ0v) is 28.8. The van der Waals surface area contributed by atoms with Crippen LogP contribution in [0.2, 0.25) is 0 Å². The van der Waals surface area contributed by atoms with E-state index in [1.54, 1.807) is 6.07 Å². The minimum Gasteiger partial charge on any atom is -0.355 e. The molecular formula is C41H43FN3O3P. The number of rotatable bonds is 8. The minimum absolute atomic E-state index is 0.0503. The van der Waals surface area contributed by atoms with E-state index in [0.717, 1.165) is 71.1 Å². The zero-order chi connectivity index (χ0) is 33.4. The topological polar surface area (TPSA) is 83.9 Å². The summed E-state index contributed by atoms with van der Waals surface area (Å²) in [5.74, 6) is -0.0578. The van der Waals surface area contributed by atoms with Gasteiger partial charge in [-0.2, -0.15) is 4.74 Å². The van der Waals surface area contributed by atoms with Gasteiger partial charge in [0.15, 0.2) is 5.78 Å². The maximum absolute atomic E-state index is 14.6. The van der Waals surface area contributed by atoms with Crippen LogP contribution in [0, 0.1) is 0 Å². The summed E-state index contributed by atoms with van der Waals surface area (Å²) in [7, 11) is -1.98. The number of oxime groups is 1. The minimum atomic E-state index is -1.98. The molecule has 1 N–H and O–H groups in total. The summed E-state index contributed by atoms with van der Waals surface area (Å²) in [6.07, 6.45) is 13.6. The van der Waals surface area contributed by atoms with Crippen LogP contribution >= 0.6 is 7.05 Å². The van der Waals surface area contributed by atoms with Gasteiger partial charge in [-0.05, 0) is 104 Å². The molecule has 5 aromatic rings. The van der Waals surface area contributed by atoms with Gasteiger partial charge in [-0.15, -0.1) is 0 Å². The number of aromatic amines is 1. The molecule has 0 saturated heterocycles. The lowest BCUT2D eigenvalue weighted by Crippen LogP contribution is -2.24. The predicted octanol–water partition coefficient (Wildman–Crippen LogP) is 11.5. The highest BCUT2D eigenvalue weighted by atomic mass is 31.2. The Balaban J connectivity index is 1.11. The third kappa shape index (κ3) is 5.94. The molecular weight excluding hydrogens is 632 g/mol. The number of hydrogen-bond donors (Lipinski definition) is 1. The highest BCUT2D eigenvalue weighted by Crippen LogP contribution is 2.72. The van der Waals surface area contributed by atoms with Crippen molar-refractivity contribution in [3.05, 3.63) is 95.6 Å². The van der Waals surface area contributed by atoms with Crippen LogP contribution in [0.5, 0.6) is 0 Å². The first-order chi connectivity index (χ1) is 24.0. The molecule has 1 amide bonds. The van der Waals surface area contributed by atoms with Crippen LogP contribution in [0.15, 0.2) is 88.8 Å². The van der Waals surface area contributed by atoms with E-state index in [4.69, 9.17) is 9.58 Å². The molecule has 0 unspecified atom stereocenters. The number of H-pyrrole nitrogens is 1. The Kier molecular flexibility index (Phi) is 8.96. The molecule has 49 heavy (non-hydrogen) atoms. The third-order valence-electron chi connectivity index (χ3n) is 11.6. The van der Waals surface area contributed by atoms with Crippen molar-refractivity contribution in [3.8, 4) is 0 Å². The van der Waals surface area contributed by atoms with E-state index in [9.17, 15) is 14.0 Å². The van der Waals surface area contributed by atoms with Crippen molar-refractivity contribution in [2.75, 3.05) is 6.67 Å².